The zero-order valence-electron chi connectivity index (χ0n) is 19.3. The number of para-hydroxylation sites is 1. The summed E-state index contributed by atoms with van der Waals surface area (Å²) in [5, 5.41) is 17.6. The Balaban J connectivity index is 1.27. The molecule has 2 aromatic carbocycles. The van der Waals surface area contributed by atoms with E-state index in [1.165, 1.54) is 4.90 Å². The van der Waals surface area contributed by atoms with Crippen molar-refractivity contribution in [3.05, 3.63) is 71.9 Å². The fourth-order valence-corrected chi connectivity index (χ4v) is 5.01. The second-order valence-electron chi connectivity index (χ2n) is 8.93. The summed E-state index contributed by atoms with van der Waals surface area (Å²) in [4.78, 5) is 37.4. The molecule has 0 bridgehead atoms. The molecule has 186 valence electrons. The molecule has 3 aromatic rings. The van der Waals surface area contributed by atoms with Gasteiger partial charge in [-0.25, -0.2) is 4.79 Å². The van der Waals surface area contributed by atoms with Crippen molar-refractivity contribution in [1.29, 1.82) is 0 Å². The van der Waals surface area contributed by atoms with Gasteiger partial charge in [-0.05, 0) is 52.2 Å². The Morgan fingerprint density at radius 1 is 1.19 bits per heavy atom. The molecule has 2 aliphatic rings. The minimum atomic E-state index is -0.717. The number of halogens is 1. The summed E-state index contributed by atoms with van der Waals surface area (Å²) in [6, 6.07) is 15.8. The van der Waals surface area contributed by atoms with Crippen molar-refractivity contribution in [2.75, 3.05) is 13.1 Å². The number of carbonyl (C=O) groups excluding carboxylic acids is 2. The Labute approximate surface area is 216 Å². The zero-order chi connectivity index (χ0) is 25.1. The second-order valence-corrected chi connectivity index (χ2v) is 9.85. The van der Waals surface area contributed by atoms with Gasteiger partial charge in [0, 0.05) is 36.0 Å². The average molecular weight is 553 g/mol. The van der Waals surface area contributed by atoms with Gasteiger partial charge in [0.2, 0.25) is 5.91 Å². The molecule has 0 saturated carbocycles. The summed E-state index contributed by atoms with van der Waals surface area (Å²) in [5.74, 6) is -0.265. The molecule has 5 rings (SSSR count). The molecule has 0 aliphatic carbocycles. The van der Waals surface area contributed by atoms with Crippen LogP contribution in [0.2, 0.25) is 0 Å². The predicted octanol–water partition coefficient (Wildman–Crippen LogP) is 4.05. The van der Waals surface area contributed by atoms with Crippen LogP contribution in [0.4, 0.5) is 4.79 Å². The van der Waals surface area contributed by atoms with Gasteiger partial charge in [-0.1, -0.05) is 35.5 Å². The molecule has 2 unspecified atom stereocenters. The highest BCUT2D eigenvalue weighted by atomic mass is 79.9. The van der Waals surface area contributed by atoms with E-state index in [1.54, 1.807) is 24.4 Å². The number of benzene rings is 2. The maximum absolute atomic E-state index is 13.1. The first-order chi connectivity index (χ1) is 17.5. The van der Waals surface area contributed by atoms with Crippen LogP contribution in [0.5, 0.6) is 5.75 Å². The lowest BCUT2D eigenvalue weighted by molar-refractivity contribution is -0.125. The van der Waals surface area contributed by atoms with E-state index in [1.807, 2.05) is 36.4 Å². The van der Waals surface area contributed by atoms with Crippen molar-refractivity contribution in [3.63, 3.8) is 0 Å². The Kier molecular flexibility index (Phi) is 7.04. The zero-order valence-corrected chi connectivity index (χ0v) is 20.9. The second kappa shape index (κ2) is 10.5. The molecule has 1 fully saturated rings. The quantitative estimate of drug-likeness (QED) is 0.477. The standard InChI is InChI=1S/C26H25BrN4O5/c27-24-11-21(36-30-24)13-29-25(33)23-10-19(17-5-3-6-20(32)9-17)14-31(23)26(34)35-15-16-8-18-4-1-2-7-22(18)28-12-16/h1-9,12,19,21,23,32H,10-11,13-15H2,(H,29,33)/t19?,21-,23?/m0/s1. The summed E-state index contributed by atoms with van der Waals surface area (Å²) in [6.45, 7) is 0.612. The van der Waals surface area contributed by atoms with Gasteiger partial charge in [-0.2, -0.15) is 0 Å². The van der Waals surface area contributed by atoms with Gasteiger partial charge in [-0.3, -0.25) is 14.7 Å². The van der Waals surface area contributed by atoms with Crippen molar-refractivity contribution in [2.45, 2.75) is 37.5 Å². The van der Waals surface area contributed by atoms with Crippen LogP contribution in [-0.4, -0.2) is 56.8 Å². The van der Waals surface area contributed by atoms with Crippen molar-refractivity contribution >= 4 is 43.5 Å². The molecule has 36 heavy (non-hydrogen) atoms. The number of oxime groups is 1. The van der Waals surface area contributed by atoms with Crippen LogP contribution in [0.25, 0.3) is 10.9 Å². The van der Waals surface area contributed by atoms with E-state index in [4.69, 9.17) is 9.57 Å². The van der Waals surface area contributed by atoms with Crippen molar-refractivity contribution in [1.82, 2.24) is 15.2 Å². The fraction of sp³-hybridized carbons (Fsp3) is 0.308. The summed E-state index contributed by atoms with van der Waals surface area (Å²) >= 11 is 3.29. The van der Waals surface area contributed by atoms with Crippen LogP contribution >= 0.6 is 15.9 Å². The predicted molar refractivity (Wildman–Crippen MR) is 137 cm³/mol. The number of hydrogen-bond donors (Lipinski definition) is 2. The molecule has 3 atom stereocenters. The number of hydrogen-bond acceptors (Lipinski definition) is 7. The SMILES string of the molecule is O=C(NC[C@@H]1CC(Br)=NO1)C1CC(c2cccc(O)c2)CN1C(=O)OCc1cnc2ccccc2c1. The number of aromatic nitrogens is 1. The normalized spacial score (nSPS) is 21.2. The Hall–Kier alpha value is -3.66. The number of carbonyl (C=O) groups is 2. The van der Waals surface area contributed by atoms with Gasteiger partial charge < -0.3 is 20.0 Å². The first-order valence-electron chi connectivity index (χ1n) is 11.7. The van der Waals surface area contributed by atoms with E-state index in [0.29, 0.717) is 24.0 Å². The molecule has 0 radical (unpaired) electrons. The van der Waals surface area contributed by atoms with E-state index in [9.17, 15) is 14.7 Å². The number of likely N-dealkylation sites (tertiary alicyclic amines) is 1. The first-order valence-corrected chi connectivity index (χ1v) is 12.5. The van der Waals surface area contributed by atoms with Crippen LogP contribution in [0.3, 0.4) is 0 Å². The highest BCUT2D eigenvalue weighted by molar-refractivity contribution is 9.18. The molecule has 2 amide bonds. The Morgan fingerprint density at radius 3 is 2.86 bits per heavy atom. The number of rotatable bonds is 6. The number of phenols is 1. The van der Waals surface area contributed by atoms with Crippen LogP contribution in [0, 0.1) is 0 Å². The molecule has 3 heterocycles. The highest BCUT2D eigenvalue weighted by Gasteiger charge is 2.41. The summed E-state index contributed by atoms with van der Waals surface area (Å²) in [6.07, 6.45) is 1.83. The van der Waals surface area contributed by atoms with Crippen LogP contribution in [-0.2, 0) is 21.0 Å². The summed E-state index contributed by atoms with van der Waals surface area (Å²) in [5.41, 5.74) is 2.48. The lowest BCUT2D eigenvalue weighted by atomic mass is 9.96. The lowest BCUT2D eigenvalue weighted by Crippen LogP contribution is -2.47. The number of amides is 2. The summed E-state index contributed by atoms with van der Waals surface area (Å²) < 4.78 is 6.30. The van der Waals surface area contributed by atoms with Crippen LogP contribution in [0.1, 0.15) is 29.9 Å². The summed E-state index contributed by atoms with van der Waals surface area (Å²) in [7, 11) is 0. The van der Waals surface area contributed by atoms with E-state index in [-0.39, 0.29) is 36.8 Å². The van der Waals surface area contributed by atoms with Gasteiger partial charge in [0.05, 0.1) is 12.1 Å². The van der Waals surface area contributed by atoms with Crippen molar-refractivity contribution < 1.29 is 24.3 Å². The minimum Gasteiger partial charge on any atom is -0.508 e. The molecule has 1 aromatic heterocycles. The average Bonchev–Trinajstić information content (AvgIpc) is 3.52. The fourth-order valence-electron chi connectivity index (χ4n) is 4.57. The highest BCUT2D eigenvalue weighted by Crippen LogP contribution is 2.34. The third-order valence-corrected chi connectivity index (χ3v) is 6.86. The van der Waals surface area contributed by atoms with Crippen molar-refractivity contribution in [2.24, 2.45) is 5.16 Å². The molecular weight excluding hydrogens is 528 g/mol. The number of fused-ring (bicyclic) bond motifs is 1. The number of nitrogens with zero attached hydrogens (tertiary/aromatic N) is 3. The van der Waals surface area contributed by atoms with Gasteiger partial charge >= 0.3 is 6.09 Å². The maximum atomic E-state index is 13.1. The Bertz CT molecular complexity index is 1320. The molecule has 2 N–H and O–H groups in total. The van der Waals surface area contributed by atoms with E-state index in [0.717, 1.165) is 22.0 Å². The van der Waals surface area contributed by atoms with Crippen LogP contribution in [0.15, 0.2) is 65.9 Å². The lowest BCUT2D eigenvalue weighted by Gasteiger charge is -2.23. The molecular formula is C26H25BrN4O5. The topological polar surface area (TPSA) is 113 Å². The van der Waals surface area contributed by atoms with Gasteiger partial charge in [0.25, 0.3) is 0 Å². The molecule has 1 saturated heterocycles. The monoisotopic (exact) mass is 552 g/mol. The Morgan fingerprint density at radius 2 is 2.06 bits per heavy atom. The first kappa shape index (κ1) is 24.1. The third kappa shape index (κ3) is 5.43. The maximum Gasteiger partial charge on any atom is 0.410 e. The van der Waals surface area contributed by atoms with E-state index in [2.05, 4.69) is 31.4 Å². The number of aromatic hydroxyl groups is 1. The van der Waals surface area contributed by atoms with Crippen LogP contribution < -0.4 is 5.32 Å². The van der Waals surface area contributed by atoms with Gasteiger partial charge in [0.15, 0.2) is 6.10 Å². The third-order valence-electron chi connectivity index (χ3n) is 6.39. The largest absolute Gasteiger partial charge is 0.508 e. The van der Waals surface area contributed by atoms with E-state index < -0.39 is 12.1 Å². The number of phenolic OH excluding ortho intramolecular Hbond substituents is 1. The smallest absolute Gasteiger partial charge is 0.410 e. The molecule has 9 nitrogen and oxygen atoms in total. The van der Waals surface area contributed by atoms with E-state index >= 15 is 0 Å². The molecule has 10 heteroatoms. The number of pyridine rings is 1. The molecule has 2 aliphatic heterocycles. The molecule has 0 spiro atoms. The van der Waals surface area contributed by atoms with Crippen molar-refractivity contribution in [3.8, 4) is 5.75 Å². The van der Waals surface area contributed by atoms with Gasteiger partial charge in [-0.15, -0.1) is 0 Å². The number of ether oxygens (including phenoxy) is 1. The minimum absolute atomic E-state index is 0.0412. The van der Waals surface area contributed by atoms with Gasteiger partial charge in [0.1, 0.15) is 23.0 Å². The number of nitrogens with one attached hydrogen (secondary N) is 1.